The summed E-state index contributed by atoms with van der Waals surface area (Å²) in [7, 11) is 0. The van der Waals surface area contributed by atoms with Gasteiger partial charge in [0.25, 0.3) is 0 Å². The predicted molar refractivity (Wildman–Crippen MR) is 69.0 cm³/mol. The van der Waals surface area contributed by atoms with Gasteiger partial charge in [-0.3, -0.25) is 9.59 Å². The molecule has 20 heavy (non-hydrogen) atoms. The average molecular weight is 284 g/mol. The van der Waals surface area contributed by atoms with Crippen molar-refractivity contribution in [3.05, 3.63) is 36.5 Å². The molecule has 0 saturated carbocycles. The Morgan fingerprint density at radius 3 is 1.55 bits per heavy atom. The minimum Gasteiger partial charge on any atom is -0.481 e. The van der Waals surface area contributed by atoms with E-state index in [4.69, 9.17) is 20.4 Å². The lowest BCUT2D eigenvalue weighted by atomic mass is 9.89. The molecule has 0 aromatic rings. The van der Waals surface area contributed by atoms with E-state index in [2.05, 4.69) is 6.58 Å². The van der Waals surface area contributed by atoms with Crippen molar-refractivity contribution in [1.82, 2.24) is 0 Å². The van der Waals surface area contributed by atoms with Crippen LogP contribution >= 0.6 is 0 Å². The zero-order chi connectivity index (χ0) is 15.7. The number of carbonyl (C=O) groups is 3. The highest BCUT2D eigenvalue weighted by Gasteiger charge is 2.30. The molecule has 1 aliphatic rings. The standard InChI is InChI=1S/C8H8O4.C5H8O3/c9-7(10)5-3-1-2-4-6(5)8(11)12;1-4(2-3-6)5(7)8/h1-6H,(H,9,10)(H,11,12);6H,1-3H2,(H,7,8). The summed E-state index contributed by atoms with van der Waals surface area (Å²) in [6, 6.07) is 0. The Bertz CT molecular complexity index is 420. The number of allylic oxidation sites excluding steroid dienone is 2. The van der Waals surface area contributed by atoms with Gasteiger partial charge >= 0.3 is 17.9 Å². The van der Waals surface area contributed by atoms with Crippen LogP contribution in [0.4, 0.5) is 0 Å². The first-order chi connectivity index (χ1) is 9.31. The first-order valence-corrected chi connectivity index (χ1v) is 5.63. The summed E-state index contributed by atoms with van der Waals surface area (Å²) in [5.74, 6) is -5.13. The van der Waals surface area contributed by atoms with E-state index in [1.54, 1.807) is 0 Å². The fraction of sp³-hybridized carbons (Fsp3) is 0.308. The van der Waals surface area contributed by atoms with Gasteiger partial charge in [-0.15, -0.1) is 0 Å². The molecule has 1 aliphatic carbocycles. The van der Waals surface area contributed by atoms with Crippen LogP contribution in [0.25, 0.3) is 0 Å². The van der Waals surface area contributed by atoms with E-state index in [0.29, 0.717) is 0 Å². The van der Waals surface area contributed by atoms with Crippen LogP contribution in [0.15, 0.2) is 36.5 Å². The van der Waals surface area contributed by atoms with Gasteiger partial charge in [0.1, 0.15) is 0 Å². The SMILES string of the molecule is C=C(CCO)C(=O)O.O=C(O)C1C=CC=CC1C(=O)O. The van der Waals surface area contributed by atoms with Gasteiger partial charge in [0, 0.05) is 18.6 Å². The normalized spacial score (nSPS) is 19.6. The van der Waals surface area contributed by atoms with E-state index in [1.165, 1.54) is 24.3 Å². The first-order valence-electron chi connectivity index (χ1n) is 5.63. The Morgan fingerprint density at radius 2 is 1.35 bits per heavy atom. The Labute approximate surface area is 115 Å². The molecule has 0 saturated heterocycles. The first kappa shape index (κ1) is 17.6. The molecule has 1 rings (SSSR count). The van der Waals surface area contributed by atoms with Gasteiger partial charge in [0.2, 0.25) is 0 Å². The molecule has 7 heteroatoms. The van der Waals surface area contributed by atoms with Gasteiger partial charge in [-0.1, -0.05) is 30.9 Å². The zero-order valence-electron chi connectivity index (χ0n) is 10.6. The van der Waals surface area contributed by atoms with Crippen LogP contribution in [0.5, 0.6) is 0 Å². The number of hydrogen-bond donors (Lipinski definition) is 4. The van der Waals surface area contributed by atoms with Crippen molar-refractivity contribution in [2.24, 2.45) is 11.8 Å². The maximum Gasteiger partial charge on any atom is 0.331 e. The molecule has 0 aliphatic heterocycles. The van der Waals surface area contributed by atoms with E-state index in [-0.39, 0.29) is 18.6 Å². The lowest BCUT2D eigenvalue weighted by Crippen LogP contribution is -2.27. The summed E-state index contributed by atoms with van der Waals surface area (Å²) < 4.78 is 0. The Kier molecular flexibility index (Phi) is 7.61. The van der Waals surface area contributed by atoms with E-state index in [1.807, 2.05) is 0 Å². The molecule has 4 N–H and O–H groups in total. The van der Waals surface area contributed by atoms with E-state index >= 15 is 0 Å². The Balaban J connectivity index is 0.000000396. The Morgan fingerprint density at radius 1 is 0.950 bits per heavy atom. The lowest BCUT2D eigenvalue weighted by Gasteiger charge is -2.15. The number of aliphatic hydroxyl groups excluding tert-OH is 1. The largest absolute Gasteiger partial charge is 0.481 e. The van der Waals surface area contributed by atoms with Crippen LogP contribution in [-0.4, -0.2) is 44.9 Å². The second-order valence-electron chi connectivity index (χ2n) is 3.88. The van der Waals surface area contributed by atoms with E-state index in [0.717, 1.165) is 0 Å². The summed E-state index contributed by atoms with van der Waals surface area (Å²) in [5, 5.41) is 33.5. The quantitative estimate of drug-likeness (QED) is 0.541. The van der Waals surface area contributed by atoms with Gasteiger partial charge in [-0.25, -0.2) is 4.79 Å². The summed E-state index contributed by atoms with van der Waals surface area (Å²) in [5.41, 5.74) is 0.0486. The van der Waals surface area contributed by atoms with E-state index < -0.39 is 29.7 Å². The Hall–Kier alpha value is -2.41. The molecule has 7 nitrogen and oxygen atoms in total. The minimum atomic E-state index is -1.11. The van der Waals surface area contributed by atoms with E-state index in [9.17, 15) is 14.4 Å². The van der Waals surface area contributed by atoms with Crippen LogP contribution in [0.1, 0.15) is 6.42 Å². The van der Waals surface area contributed by atoms with Crippen molar-refractivity contribution >= 4 is 17.9 Å². The molecule has 0 bridgehead atoms. The van der Waals surface area contributed by atoms with Gasteiger partial charge in [0.15, 0.2) is 0 Å². The second-order valence-corrected chi connectivity index (χ2v) is 3.88. The smallest absolute Gasteiger partial charge is 0.331 e. The molecule has 0 aromatic heterocycles. The van der Waals surface area contributed by atoms with Crippen LogP contribution in [-0.2, 0) is 14.4 Å². The summed E-state index contributed by atoms with van der Waals surface area (Å²) in [6.45, 7) is 3.04. The highest BCUT2D eigenvalue weighted by atomic mass is 16.4. The highest BCUT2D eigenvalue weighted by molar-refractivity contribution is 5.85. The topological polar surface area (TPSA) is 132 Å². The molecular weight excluding hydrogens is 268 g/mol. The molecule has 0 amide bonds. The molecule has 0 aromatic carbocycles. The summed E-state index contributed by atoms with van der Waals surface area (Å²) >= 11 is 0. The predicted octanol–water partition coefficient (Wildman–Crippen LogP) is 0.524. The maximum absolute atomic E-state index is 10.5. The number of carboxylic acid groups (broad SMARTS) is 3. The van der Waals surface area contributed by atoms with Crippen molar-refractivity contribution in [2.45, 2.75) is 6.42 Å². The molecule has 0 radical (unpaired) electrons. The molecule has 0 heterocycles. The molecule has 110 valence electrons. The lowest BCUT2D eigenvalue weighted by molar-refractivity contribution is -0.149. The maximum atomic E-state index is 10.5. The molecule has 0 fully saturated rings. The monoisotopic (exact) mass is 284 g/mol. The van der Waals surface area contributed by atoms with Crippen LogP contribution in [0.3, 0.4) is 0 Å². The zero-order valence-corrected chi connectivity index (χ0v) is 10.6. The van der Waals surface area contributed by atoms with Gasteiger partial charge in [-0.05, 0) is 0 Å². The fourth-order valence-corrected chi connectivity index (χ4v) is 1.32. The molecule has 2 atom stereocenters. The van der Waals surface area contributed by atoms with Crippen molar-refractivity contribution in [2.75, 3.05) is 6.61 Å². The van der Waals surface area contributed by atoms with Crippen LogP contribution in [0.2, 0.25) is 0 Å². The third-order valence-electron chi connectivity index (χ3n) is 2.42. The van der Waals surface area contributed by atoms with Gasteiger partial charge in [0.05, 0.1) is 11.8 Å². The number of hydrogen-bond acceptors (Lipinski definition) is 4. The third kappa shape index (κ3) is 5.96. The molecule has 2 unspecified atom stereocenters. The molecular formula is C13H16O7. The number of rotatable bonds is 5. The summed E-state index contributed by atoms with van der Waals surface area (Å²) in [4.78, 5) is 30.9. The number of carboxylic acids is 3. The average Bonchev–Trinajstić information content (AvgIpc) is 2.39. The highest BCUT2D eigenvalue weighted by Crippen LogP contribution is 2.19. The van der Waals surface area contributed by atoms with Crippen molar-refractivity contribution in [3.63, 3.8) is 0 Å². The summed E-state index contributed by atoms with van der Waals surface area (Å²) in [6.07, 6.45) is 5.98. The second kappa shape index (κ2) is 8.65. The number of aliphatic hydroxyl groups is 1. The van der Waals surface area contributed by atoms with Gasteiger partial charge in [-0.2, -0.15) is 0 Å². The van der Waals surface area contributed by atoms with Crippen LogP contribution < -0.4 is 0 Å². The van der Waals surface area contributed by atoms with Gasteiger partial charge < -0.3 is 20.4 Å². The number of aliphatic carboxylic acids is 3. The minimum absolute atomic E-state index is 0.0486. The van der Waals surface area contributed by atoms with Crippen molar-refractivity contribution < 1.29 is 34.8 Å². The fourth-order valence-electron chi connectivity index (χ4n) is 1.32. The van der Waals surface area contributed by atoms with Crippen molar-refractivity contribution in [1.29, 1.82) is 0 Å². The molecule has 0 spiro atoms. The van der Waals surface area contributed by atoms with Crippen LogP contribution in [0, 0.1) is 11.8 Å². The van der Waals surface area contributed by atoms with Crippen molar-refractivity contribution in [3.8, 4) is 0 Å². The third-order valence-corrected chi connectivity index (χ3v) is 2.42.